The lowest BCUT2D eigenvalue weighted by Crippen LogP contribution is -2.19. The predicted molar refractivity (Wildman–Crippen MR) is 103 cm³/mol. The molecule has 1 heterocycles. The van der Waals surface area contributed by atoms with Crippen LogP contribution in [0.1, 0.15) is 16.7 Å². The lowest BCUT2D eigenvalue weighted by molar-refractivity contribution is -0.136. The zero-order valence-electron chi connectivity index (χ0n) is 14.4. The van der Waals surface area contributed by atoms with Gasteiger partial charge >= 0.3 is 11.8 Å². The highest BCUT2D eigenvalue weighted by atomic mass is 32.1. The molecule has 2 N–H and O–H groups in total. The summed E-state index contributed by atoms with van der Waals surface area (Å²) in [5.74, 6) is 0. The van der Waals surface area contributed by atoms with Crippen LogP contribution in [0.15, 0.2) is 51.7 Å². The zero-order valence-corrected chi connectivity index (χ0v) is 15.2. The van der Waals surface area contributed by atoms with Gasteiger partial charge in [-0.3, -0.25) is 0 Å². The monoisotopic (exact) mass is 392 g/mol. The van der Waals surface area contributed by atoms with Crippen LogP contribution in [0.3, 0.4) is 0 Å². The maximum absolute atomic E-state index is 13.1. The van der Waals surface area contributed by atoms with E-state index >= 15 is 0 Å². The van der Waals surface area contributed by atoms with E-state index in [0.29, 0.717) is 11.8 Å². The van der Waals surface area contributed by atoms with Crippen LogP contribution in [-0.4, -0.2) is 5.11 Å². The van der Waals surface area contributed by atoms with E-state index in [1.54, 1.807) is 0 Å². The van der Waals surface area contributed by atoms with Gasteiger partial charge in [0.2, 0.25) is 0 Å². The Hall–Kier alpha value is -2.87. The number of rotatable bonds is 2. The van der Waals surface area contributed by atoms with Crippen molar-refractivity contribution in [3.05, 3.63) is 69.6 Å². The summed E-state index contributed by atoms with van der Waals surface area (Å²) in [5.41, 5.74) is 1.14. The Morgan fingerprint density at radius 3 is 2.22 bits per heavy atom. The third-order valence-corrected chi connectivity index (χ3v) is 4.28. The van der Waals surface area contributed by atoms with Crippen LogP contribution >= 0.6 is 12.2 Å². The molecule has 140 valence electrons. The van der Waals surface area contributed by atoms with E-state index in [2.05, 4.69) is 10.6 Å². The second-order valence-electron chi connectivity index (χ2n) is 6.07. The van der Waals surface area contributed by atoms with E-state index in [0.717, 1.165) is 16.8 Å². The number of anilines is 2. The molecule has 0 spiro atoms. The molecule has 0 fully saturated rings. The molecule has 0 amide bonds. The number of benzene rings is 2. The fourth-order valence-corrected chi connectivity index (χ4v) is 2.82. The number of thiocarbonyl (C=S) groups is 1. The topological polar surface area (TPSA) is 54.3 Å². The average molecular weight is 392 g/mol. The molecule has 0 saturated heterocycles. The molecule has 0 atom stereocenters. The van der Waals surface area contributed by atoms with Crippen LogP contribution in [0.25, 0.3) is 11.0 Å². The normalized spacial score (nSPS) is 11.4. The van der Waals surface area contributed by atoms with Crippen LogP contribution in [0.5, 0.6) is 0 Å². The first-order valence-corrected chi connectivity index (χ1v) is 8.35. The van der Waals surface area contributed by atoms with Crippen molar-refractivity contribution >= 4 is 39.7 Å². The Balaban J connectivity index is 1.86. The third kappa shape index (κ3) is 4.28. The first-order chi connectivity index (χ1) is 12.6. The minimum absolute atomic E-state index is 0.172. The van der Waals surface area contributed by atoms with Crippen molar-refractivity contribution in [3.8, 4) is 0 Å². The van der Waals surface area contributed by atoms with E-state index < -0.39 is 17.4 Å². The highest BCUT2D eigenvalue weighted by Gasteiger charge is 2.33. The smallest absolute Gasteiger partial charge is 0.417 e. The second-order valence-corrected chi connectivity index (χ2v) is 6.47. The van der Waals surface area contributed by atoms with E-state index in [-0.39, 0.29) is 16.1 Å². The molecule has 0 radical (unpaired) electrons. The van der Waals surface area contributed by atoms with Crippen molar-refractivity contribution in [2.45, 2.75) is 20.0 Å². The van der Waals surface area contributed by atoms with Gasteiger partial charge < -0.3 is 15.1 Å². The fraction of sp³-hybridized carbons (Fsp3) is 0.158. The summed E-state index contributed by atoms with van der Waals surface area (Å²) in [6.07, 6.45) is -4.65. The molecular weight excluding hydrogens is 377 g/mol. The van der Waals surface area contributed by atoms with Crippen molar-refractivity contribution in [1.82, 2.24) is 0 Å². The number of hydrogen-bond donors (Lipinski definition) is 2. The van der Waals surface area contributed by atoms with Crippen LogP contribution in [0, 0.1) is 13.8 Å². The molecule has 0 bridgehead atoms. The van der Waals surface area contributed by atoms with E-state index in [9.17, 15) is 18.0 Å². The quantitative estimate of drug-likeness (QED) is 0.462. The van der Waals surface area contributed by atoms with Crippen LogP contribution in [-0.2, 0) is 6.18 Å². The molecule has 0 saturated carbocycles. The average Bonchev–Trinajstić information content (AvgIpc) is 2.56. The van der Waals surface area contributed by atoms with Crippen molar-refractivity contribution in [2.75, 3.05) is 10.6 Å². The molecule has 8 heteroatoms. The Morgan fingerprint density at radius 1 is 0.963 bits per heavy atom. The molecular formula is C19H15F3N2O2S. The largest absolute Gasteiger partial charge is 0.423 e. The minimum atomic E-state index is -4.65. The van der Waals surface area contributed by atoms with Crippen molar-refractivity contribution in [3.63, 3.8) is 0 Å². The minimum Gasteiger partial charge on any atom is -0.423 e. The van der Waals surface area contributed by atoms with Crippen molar-refractivity contribution in [1.29, 1.82) is 0 Å². The number of hydrogen-bond acceptors (Lipinski definition) is 3. The van der Waals surface area contributed by atoms with Gasteiger partial charge in [0.25, 0.3) is 0 Å². The summed E-state index contributed by atoms with van der Waals surface area (Å²) in [7, 11) is 0. The Bertz CT molecular complexity index is 1090. The van der Waals surface area contributed by atoms with Crippen LogP contribution in [0.4, 0.5) is 24.5 Å². The van der Waals surface area contributed by atoms with Crippen molar-refractivity contribution < 1.29 is 17.6 Å². The molecule has 0 aliphatic carbocycles. The van der Waals surface area contributed by atoms with Gasteiger partial charge in [0.15, 0.2) is 5.11 Å². The molecule has 4 nitrogen and oxygen atoms in total. The predicted octanol–water partition coefficient (Wildman–Crippen LogP) is 5.24. The number of aryl methyl sites for hydroxylation is 2. The SMILES string of the molecule is Cc1ccc(NC(=S)Nc2ccc3c(C(F)(F)F)cc(=O)oc3c2)cc1C. The number of fused-ring (bicyclic) bond motifs is 1. The van der Waals surface area contributed by atoms with E-state index in [1.165, 1.54) is 18.2 Å². The van der Waals surface area contributed by atoms with Crippen LogP contribution in [0.2, 0.25) is 0 Å². The molecule has 0 aliphatic heterocycles. The summed E-state index contributed by atoms with van der Waals surface area (Å²) >= 11 is 5.23. The summed E-state index contributed by atoms with van der Waals surface area (Å²) in [6, 6.07) is 10.2. The Kier molecular flexibility index (Phi) is 4.93. The lowest BCUT2D eigenvalue weighted by Gasteiger charge is -2.13. The first kappa shape index (κ1) is 18.9. The number of halogens is 3. The third-order valence-electron chi connectivity index (χ3n) is 4.07. The van der Waals surface area contributed by atoms with E-state index in [1.807, 2.05) is 32.0 Å². The Morgan fingerprint density at radius 2 is 1.59 bits per heavy atom. The molecule has 0 aliphatic rings. The second kappa shape index (κ2) is 7.03. The summed E-state index contributed by atoms with van der Waals surface area (Å²) in [6.45, 7) is 3.97. The summed E-state index contributed by atoms with van der Waals surface area (Å²) in [5, 5.41) is 5.94. The van der Waals surface area contributed by atoms with Crippen LogP contribution < -0.4 is 16.3 Å². The van der Waals surface area contributed by atoms with Gasteiger partial charge in [0.05, 0.1) is 5.56 Å². The highest BCUT2D eigenvalue weighted by Crippen LogP contribution is 2.34. The molecule has 1 aromatic heterocycles. The maximum atomic E-state index is 13.1. The van der Waals surface area contributed by atoms with Gasteiger partial charge in [-0.1, -0.05) is 6.07 Å². The van der Waals surface area contributed by atoms with Gasteiger partial charge in [0.1, 0.15) is 5.58 Å². The first-order valence-electron chi connectivity index (χ1n) is 7.94. The van der Waals surface area contributed by atoms with Gasteiger partial charge in [-0.15, -0.1) is 0 Å². The standard InChI is InChI=1S/C19H15F3N2O2S/c1-10-3-4-12(7-11(10)2)23-18(27)24-13-5-6-14-15(19(20,21)22)9-17(25)26-16(14)8-13/h3-9H,1-2H3,(H2,23,24,27). The lowest BCUT2D eigenvalue weighted by atomic mass is 10.1. The molecule has 3 rings (SSSR count). The molecule has 0 unspecified atom stereocenters. The van der Waals surface area contributed by atoms with Crippen molar-refractivity contribution in [2.24, 2.45) is 0 Å². The highest BCUT2D eigenvalue weighted by molar-refractivity contribution is 7.80. The van der Waals surface area contributed by atoms with Gasteiger partial charge in [-0.25, -0.2) is 4.79 Å². The maximum Gasteiger partial charge on any atom is 0.417 e. The fourth-order valence-electron chi connectivity index (χ4n) is 2.59. The number of nitrogens with one attached hydrogen (secondary N) is 2. The van der Waals surface area contributed by atoms with Gasteiger partial charge in [-0.05, 0) is 61.5 Å². The molecule has 27 heavy (non-hydrogen) atoms. The molecule has 3 aromatic rings. The van der Waals surface area contributed by atoms with E-state index in [4.69, 9.17) is 16.6 Å². The zero-order chi connectivity index (χ0) is 19.8. The van der Waals surface area contributed by atoms with Gasteiger partial charge in [-0.2, -0.15) is 13.2 Å². The molecule has 2 aromatic carbocycles. The summed E-state index contributed by atoms with van der Waals surface area (Å²) in [4.78, 5) is 11.5. The number of alkyl halides is 3. The summed E-state index contributed by atoms with van der Waals surface area (Å²) < 4.78 is 44.2. The Labute approximate surface area is 158 Å². The van der Waals surface area contributed by atoms with Gasteiger partial charge in [0, 0.05) is 28.9 Å².